The van der Waals surface area contributed by atoms with E-state index in [1.807, 2.05) is 19.1 Å². The molecule has 0 aliphatic carbocycles. The number of carbonyl (C=O) groups is 3. The molecule has 1 saturated heterocycles. The van der Waals surface area contributed by atoms with Gasteiger partial charge >= 0.3 is 6.03 Å². The highest BCUT2D eigenvalue weighted by Crippen LogP contribution is 2.33. The van der Waals surface area contributed by atoms with Crippen molar-refractivity contribution in [3.8, 4) is 0 Å². The normalized spacial score (nSPS) is 21.2. The molecule has 0 spiro atoms. The van der Waals surface area contributed by atoms with E-state index in [4.69, 9.17) is 16.0 Å². The average Bonchev–Trinajstić information content (AvgIpc) is 3.45. The summed E-state index contributed by atoms with van der Waals surface area (Å²) in [5.41, 5.74) is 1.53. The Balaban J connectivity index is 1.57. The Morgan fingerprint density at radius 3 is 2.70 bits per heavy atom. The third kappa shape index (κ3) is 3.82. The first-order chi connectivity index (χ1) is 14.5. The molecule has 2 atom stereocenters. The van der Waals surface area contributed by atoms with Crippen LogP contribution in [0.5, 0.6) is 0 Å². The highest BCUT2D eigenvalue weighted by molar-refractivity contribution is 6.30. The molecule has 1 fully saturated rings. The fraction of sp³-hybridized carbons (Fsp3) is 0.333. The number of hydrazone groups is 1. The minimum Gasteiger partial charge on any atom is -0.467 e. The number of urea groups is 1. The van der Waals surface area contributed by atoms with E-state index in [0.717, 1.165) is 16.9 Å². The maximum Gasteiger partial charge on any atom is 0.325 e. The second-order valence-electron chi connectivity index (χ2n) is 7.24. The number of furan rings is 1. The molecule has 8 nitrogen and oxygen atoms in total. The second-order valence-corrected chi connectivity index (χ2v) is 7.68. The lowest BCUT2D eigenvalue weighted by molar-refractivity contribution is -0.138. The van der Waals surface area contributed by atoms with Gasteiger partial charge in [0.1, 0.15) is 24.4 Å². The molecule has 0 bridgehead atoms. The Kier molecular flexibility index (Phi) is 5.59. The average molecular weight is 429 g/mol. The first-order valence-corrected chi connectivity index (χ1v) is 10.2. The van der Waals surface area contributed by atoms with Crippen molar-refractivity contribution >= 4 is 35.2 Å². The fourth-order valence-electron chi connectivity index (χ4n) is 3.68. The van der Waals surface area contributed by atoms with Crippen molar-refractivity contribution in [2.75, 3.05) is 6.54 Å². The standard InChI is InChI=1S/C21H21ClN4O4/c1-2-4-15-20(28)25(21(29)23-15)12-19(27)26-17(18-5-3-10-30-18)11-16(24-26)13-6-8-14(22)9-7-13/h3,5-10,15,17H,2,4,11-12H2,1H3,(H,23,29). The van der Waals surface area contributed by atoms with E-state index in [9.17, 15) is 14.4 Å². The largest absolute Gasteiger partial charge is 0.467 e. The van der Waals surface area contributed by atoms with Gasteiger partial charge in [-0.2, -0.15) is 5.10 Å². The lowest BCUT2D eigenvalue weighted by Gasteiger charge is -2.22. The van der Waals surface area contributed by atoms with Crippen LogP contribution in [0.4, 0.5) is 4.79 Å². The Labute approximate surface area is 178 Å². The fourth-order valence-corrected chi connectivity index (χ4v) is 3.80. The van der Waals surface area contributed by atoms with Gasteiger partial charge in [0.15, 0.2) is 0 Å². The number of halogens is 1. The molecule has 1 aromatic heterocycles. The number of imide groups is 1. The monoisotopic (exact) mass is 428 g/mol. The number of hydrogen-bond donors (Lipinski definition) is 1. The van der Waals surface area contributed by atoms with Crippen LogP contribution in [0.25, 0.3) is 0 Å². The zero-order chi connectivity index (χ0) is 21.3. The third-order valence-electron chi connectivity index (χ3n) is 5.19. The van der Waals surface area contributed by atoms with Gasteiger partial charge in [-0.15, -0.1) is 0 Å². The Bertz CT molecular complexity index is 987. The van der Waals surface area contributed by atoms with E-state index in [2.05, 4.69) is 10.4 Å². The van der Waals surface area contributed by atoms with Crippen LogP contribution in [-0.4, -0.2) is 46.1 Å². The molecule has 156 valence electrons. The van der Waals surface area contributed by atoms with Gasteiger partial charge < -0.3 is 9.73 Å². The van der Waals surface area contributed by atoms with Gasteiger partial charge in [-0.3, -0.25) is 14.5 Å². The van der Waals surface area contributed by atoms with E-state index in [1.54, 1.807) is 24.3 Å². The summed E-state index contributed by atoms with van der Waals surface area (Å²) in [6.45, 7) is 1.55. The molecule has 1 N–H and O–H groups in total. The molecule has 30 heavy (non-hydrogen) atoms. The van der Waals surface area contributed by atoms with Gasteiger partial charge in [0.25, 0.3) is 11.8 Å². The van der Waals surface area contributed by atoms with Gasteiger partial charge in [0.2, 0.25) is 0 Å². The van der Waals surface area contributed by atoms with Crippen LogP contribution < -0.4 is 5.32 Å². The Hall–Kier alpha value is -3.13. The smallest absolute Gasteiger partial charge is 0.325 e. The molecule has 3 heterocycles. The van der Waals surface area contributed by atoms with Gasteiger partial charge in [0, 0.05) is 11.4 Å². The Morgan fingerprint density at radius 1 is 1.27 bits per heavy atom. The molecule has 0 saturated carbocycles. The number of rotatable bonds is 6. The number of hydrogen-bond acceptors (Lipinski definition) is 5. The molecule has 0 radical (unpaired) electrons. The predicted molar refractivity (Wildman–Crippen MR) is 110 cm³/mol. The summed E-state index contributed by atoms with van der Waals surface area (Å²) >= 11 is 5.97. The van der Waals surface area contributed by atoms with Crippen molar-refractivity contribution in [1.82, 2.24) is 15.2 Å². The molecular weight excluding hydrogens is 408 g/mol. The molecule has 2 aliphatic heterocycles. The Morgan fingerprint density at radius 2 is 2.03 bits per heavy atom. The second kappa shape index (κ2) is 8.31. The van der Waals surface area contributed by atoms with E-state index in [0.29, 0.717) is 29.3 Å². The molecule has 1 aromatic carbocycles. The summed E-state index contributed by atoms with van der Waals surface area (Å²) in [6, 6.07) is 9.11. The van der Waals surface area contributed by atoms with Crippen LogP contribution in [0.15, 0.2) is 52.2 Å². The lowest BCUT2D eigenvalue weighted by Crippen LogP contribution is -2.41. The van der Waals surface area contributed by atoms with Crippen molar-refractivity contribution in [3.63, 3.8) is 0 Å². The summed E-state index contributed by atoms with van der Waals surface area (Å²) in [5, 5.41) is 9.04. The van der Waals surface area contributed by atoms with Crippen LogP contribution >= 0.6 is 11.6 Å². The molecule has 4 amide bonds. The zero-order valence-corrected chi connectivity index (χ0v) is 17.1. The minimum absolute atomic E-state index is 0.376. The number of benzene rings is 1. The molecule has 4 rings (SSSR count). The van der Waals surface area contributed by atoms with E-state index >= 15 is 0 Å². The van der Waals surface area contributed by atoms with E-state index in [-0.39, 0.29) is 12.5 Å². The first kappa shape index (κ1) is 20.2. The predicted octanol–water partition coefficient (Wildman–Crippen LogP) is 3.33. The van der Waals surface area contributed by atoms with Gasteiger partial charge in [0.05, 0.1) is 12.0 Å². The van der Waals surface area contributed by atoms with Crippen molar-refractivity contribution in [3.05, 3.63) is 59.0 Å². The summed E-state index contributed by atoms with van der Waals surface area (Å²) in [7, 11) is 0. The third-order valence-corrected chi connectivity index (χ3v) is 5.44. The van der Waals surface area contributed by atoms with E-state index < -0.39 is 24.0 Å². The molecule has 2 aliphatic rings. The number of amides is 4. The number of nitrogens with one attached hydrogen (secondary N) is 1. The highest BCUT2D eigenvalue weighted by atomic mass is 35.5. The van der Waals surface area contributed by atoms with E-state index in [1.165, 1.54) is 11.3 Å². The topological polar surface area (TPSA) is 95.2 Å². The van der Waals surface area contributed by atoms with Crippen LogP contribution in [-0.2, 0) is 9.59 Å². The maximum absolute atomic E-state index is 13.1. The zero-order valence-electron chi connectivity index (χ0n) is 16.4. The van der Waals surface area contributed by atoms with Crippen LogP contribution in [0.3, 0.4) is 0 Å². The highest BCUT2D eigenvalue weighted by Gasteiger charge is 2.41. The van der Waals surface area contributed by atoms with Crippen molar-refractivity contribution < 1.29 is 18.8 Å². The number of nitrogens with zero attached hydrogens (tertiary/aromatic N) is 3. The van der Waals surface area contributed by atoms with Crippen molar-refractivity contribution in [2.24, 2.45) is 5.10 Å². The summed E-state index contributed by atoms with van der Waals surface area (Å²) in [6.07, 6.45) is 3.26. The van der Waals surface area contributed by atoms with Crippen molar-refractivity contribution in [2.45, 2.75) is 38.3 Å². The maximum atomic E-state index is 13.1. The SMILES string of the molecule is CCCC1NC(=O)N(CC(=O)N2N=C(c3ccc(Cl)cc3)CC2c2ccco2)C1=O. The molecule has 2 aromatic rings. The van der Waals surface area contributed by atoms with Crippen LogP contribution in [0.1, 0.15) is 43.6 Å². The van der Waals surface area contributed by atoms with Crippen molar-refractivity contribution in [1.29, 1.82) is 0 Å². The summed E-state index contributed by atoms with van der Waals surface area (Å²) in [5.74, 6) is -0.260. The quantitative estimate of drug-likeness (QED) is 0.714. The molecule has 9 heteroatoms. The number of carbonyl (C=O) groups excluding carboxylic acids is 3. The molecular formula is C21H21ClN4O4. The van der Waals surface area contributed by atoms with Gasteiger partial charge in [-0.25, -0.2) is 9.80 Å². The van der Waals surface area contributed by atoms with Gasteiger partial charge in [-0.05, 0) is 36.2 Å². The molecule has 2 unspecified atom stereocenters. The summed E-state index contributed by atoms with van der Waals surface area (Å²) in [4.78, 5) is 38.7. The van der Waals surface area contributed by atoms with Gasteiger partial charge in [-0.1, -0.05) is 37.1 Å². The summed E-state index contributed by atoms with van der Waals surface area (Å²) < 4.78 is 5.51. The lowest BCUT2D eigenvalue weighted by atomic mass is 10.0. The minimum atomic E-state index is -0.581. The first-order valence-electron chi connectivity index (χ1n) is 9.78. The van der Waals surface area contributed by atoms with Crippen LogP contribution in [0.2, 0.25) is 5.02 Å². The van der Waals surface area contributed by atoms with Crippen LogP contribution in [0, 0.1) is 0 Å².